The highest BCUT2D eigenvalue weighted by Crippen LogP contribution is 2.32. The van der Waals surface area contributed by atoms with E-state index in [1.165, 1.54) is 0 Å². The first kappa shape index (κ1) is 14.4. The monoisotopic (exact) mass is 310 g/mol. The Hall–Kier alpha value is -2.59. The maximum absolute atomic E-state index is 11.8. The van der Waals surface area contributed by atoms with Gasteiger partial charge in [-0.2, -0.15) is 0 Å². The third-order valence-corrected chi connectivity index (χ3v) is 3.80. The average Bonchev–Trinajstić information content (AvgIpc) is 2.93. The van der Waals surface area contributed by atoms with Gasteiger partial charge >= 0.3 is 0 Å². The second-order valence-corrected chi connectivity index (χ2v) is 5.34. The molecule has 2 aromatic heterocycles. The van der Waals surface area contributed by atoms with Crippen LogP contribution in [0.4, 0.5) is 0 Å². The van der Waals surface area contributed by atoms with Crippen LogP contribution in [-0.2, 0) is 0 Å². The van der Waals surface area contributed by atoms with Gasteiger partial charge in [0.05, 0.1) is 17.4 Å². The Kier molecular flexibility index (Phi) is 3.69. The highest BCUT2D eigenvalue weighted by Gasteiger charge is 2.16. The standard InChI is InChI=1S/C17H13ClN3O/c1-11-8-20-7-6-16(11)21-9-13(14(10-21)17(19)22)12-4-2-3-5-15(12)18/h2-6,8-10H,1H3,(H2,19,22). The van der Waals surface area contributed by atoms with Crippen LogP contribution in [0.1, 0.15) is 15.9 Å². The summed E-state index contributed by atoms with van der Waals surface area (Å²) in [4.78, 5) is 15.7. The van der Waals surface area contributed by atoms with Gasteiger partial charge in [-0.05, 0) is 24.6 Å². The zero-order chi connectivity index (χ0) is 15.7. The van der Waals surface area contributed by atoms with E-state index in [9.17, 15) is 4.79 Å². The minimum Gasteiger partial charge on any atom is -0.366 e. The predicted molar refractivity (Wildman–Crippen MR) is 86.1 cm³/mol. The summed E-state index contributed by atoms with van der Waals surface area (Å²) in [5.41, 5.74) is 9.26. The van der Waals surface area contributed by atoms with E-state index in [4.69, 9.17) is 17.3 Å². The van der Waals surface area contributed by atoms with Crippen LogP contribution in [0.15, 0.2) is 48.9 Å². The van der Waals surface area contributed by atoms with Gasteiger partial charge in [-0.1, -0.05) is 29.8 Å². The van der Waals surface area contributed by atoms with Gasteiger partial charge in [-0.25, -0.2) is 0 Å². The highest BCUT2D eigenvalue weighted by molar-refractivity contribution is 6.33. The first-order valence-corrected chi connectivity index (χ1v) is 7.05. The number of hydrogen-bond donors (Lipinski definition) is 1. The molecule has 0 fully saturated rings. The zero-order valence-corrected chi connectivity index (χ0v) is 12.6. The maximum atomic E-state index is 11.8. The molecule has 2 N–H and O–H groups in total. The molecule has 0 spiro atoms. The van der Waals surface area contributed by atoms with Crippen molar-refractivity contribution < 1.29 is 4.79 Å². The molecule has 0 atom stereocenters. The average molecular weight is 311 g/mol. The number of primary amides is 1. The van der Waals surface area contributed by atoms with Gasteiger partial charge in [0.2, 0.25) is 0 Å². The second-order valence-electron chi connectivity index (χ2n) is 4.94. The lowest BCUT2D eigenvalue weighted by Gasteiger charge is -2.05. The van der Waals surface area contributed by atoms with Crippen LogP contribution < -0.4 is 5.73 Å². The first-order valence-electron chi connectivity index (χ1n) is 6.67. The van der Waals surface area contributed by atoms with Crippen LogP contribution in [0.5, 0.6) is 0 Å². The van der Waals surface area contributed by atoms with Crippen LogP contribution in [0.25, 0.3) is 16.8 Å². The minimum absolute atomic E-state index is 0.421. The van der Waals surface area contributed by atoms with Crippen molar-refractivity contribution in [1.82, 2.24) is 9.55 Å². The number of aromatic nitrogens is 2. The summed E-state index contributed by atoms with van der Waals surface area (Å²) in [7, 11) is 0. The van der Waals surface area contributed by atoms with Crippen molar-refractivity contribution in [2.45, 2.75) is 6.92 Å². The van der Waals surface area contributed by atoms with E-state index in [1.807, 2.05) is 35.9 Å². The lowest BCUT2D eigenvalue weighted by Crippen LogP contribution is -2.11. The van der Waals surface area contributed by atoms with Gasteiger partial charge < -0.3 is 10.3 Å². The Morgan fingerprint density at radius 2 is 2.05 bits per heavy atom. The Bertz CT molecular complexity index is 855. The van der Waals surface area contributed by atoms with Crippen molar-refractivity contribution in [2.24, 2.45) is 5.73 Å². The van der Waals surface area contributed by atoms with E-state index in [1.54, 1.807) is 24.5 Å². The predicted octanol–water partition coefficient (Wildman–Crippen LogP) is 3.40. The fraction of sp³-hybridized carbons (Fsp3) is 0.0588. The van der Waals surface area contributed by atoms with E-state index >= 15 is 0 Å². The Morgan fingerprint density at radius 1 is 1.27 bits per heavy atom. The number of hydrogen-bond acceptors (Lipinski definition) is 2. The molecule has 1 aromatic carbocycles. The molecule has 2 heterocycles. The summed E-state index contributed by atoms with van der Waals surface area (Å²) in [5, 5.41) is 0.570. The topological polar surface area (TPSA) is 60.9 Å². The number of nitrogens with zero attached hydrogens (tertiary/aromatic N) is 2. The minimum atomic E-state index is -0.496. The summed E-state index contributed by atoms with van der Waals surface area (Å²) in [6, 6.07) is 9.12. The third-order valence-electron chi connectivity index (χ3n) is 3.47. The molecule has 1 amide bonds. The molecule has 0 bridgehead atoms. The normalized spacial score (nSPS) is 10.6. The lowest BCUT2D eigenvalue weighted by molar-refractivity contribution is 0.100. The number of carbonyl (C=O) groups is 1. The van der Waals surface area contributed by atoms with Gasteiger partial charge in [0.1, 0.15) is 0 Å². The SMILES string of the molecule is Cc1cn[c]cc1-n1cc(C(N)=O)c(-c2ccccc2Cl)c1. The number of halogens is 1. The molecule has 3 rings (SSSR count). The molecule has 22 heavy (non-hydrogen) atoms. The summed E-state index contributed by atoms with van der Waals surface area (Å²) < 4.78 is 1.84. The summed E-state index contributed by atoms with van der Waals surface area (Å²) >= 11 is 6.24. The van der Waals surface area contributed by atoms with Crippen molar-refractivity contribution in [2.75, 3.05) is 0 Å². The van der Waals surface area contributed by atoms with Crippen LogP contribution in [0.2, 0.25) is 5.02 Å². The number of benzene rings is 1. The number of amides is 1. The molecule has 0 aliphatic carbocycles. The van der Waals surface area contributed by atoms with Crippen LogP contribution in [0, 0.1) is 13.1 Å². The Morgan fingerprint density at radius 3 is 2.73 bits per heavy atom. The van der Waals surface area contributed by atoms with Crippen molar-refractivity contribution in [3.63, 3.8) is 0 Å². The lowest BCUT2D eigenvalue weighted by atomic mass is 10.0. The van der Waals surface area contributed by atoms with Gasteiger partial charge in [0.15, 0.2) is 0 Å². The quantitative estimate of drug-likeness (QED) is 0.806. The van der Waals surface area contributed by atoms with E-state index in [2.05, 4.69) is 11.2 Å². The second kappa shape index (κ2) is 5.66. The molecule has 4 nitrogen and oxygen atoms in total. The number of pyridine rings is 1. The molecule has 0 unspecified atom stereocenters. The zero-order valence-electron chi connectivity index (χ0n) is 11.9. The smallest absolute Gasteiger partial charge is 0.250 e. The molecule has 109 valence electrons. The maximum Gasteiger partial charge on any atom is 0.250 e. The highest BCUT2D eigenvalue weighted by atomic mass is 35.5. The van der Waals surface area contributed by atoms with Gasteiger partial charge in [-0.3, -0.25) is 9.78 Å². The number of carbonyl (C=O) groups excluding carboxylic acids is 1. The van der Waals surface area contributed by atoms with Gasteiger partial charge in [0.25, 0.3) is 5.91 Å². The molecule has 0 saturated heterocycles. The molecule has 0 saturated carbocycles. The molecule has 3 aromatic rings. The van der Waals surface area contributed by atoms with Crippen LogP contribution in [-0.4, -0.2) is 15.5 Å². The molecular formula is C17H13ClN3O. The van der Waals surface area contributed by atoms with E-state index in [0.29, 0.717) is 16.1 Å². The first-order chi connectivity index (χ1) is 10.6. The van der Waals surface area contributed by atoms with E-state index in [-0.39, 0.29) is 0 Å². The van der Waals surface area contributed by atoms with Crippen LogP contribution >= 0.6 is 11.6 Å². The Balaban J connectivity index is 2.22. The Labute approximate surface area is 133 Å². The fourth-order valence-electron chi connectivity index (χ4n) is 2.37. The van der Waals surface area contributed by atoms with Crippen molar-refractivity contribution in [3.05, 3.63) is 71.3 Å². The van der Waals surface area contributed by atoms with Gasteiger partial charge in [-0.15, -0.1) is 0 Å². The number of rotatable bonds is 3. The largest absolute Gasteiger partial charge is 0.366 e. The van der Waals surface area contributed by atoms with E-state index in [0.717, 1.165) is 16.8 Å². The number of aryl methyl sites for hydroxylation is 1. The molecule has 5 heteroatoms. The van der Waals surface area contributed by atoms with Gasteiger partial charge in [0, 0.05) is 34.7 Å². The van der Waals surface area contributed by atoms with Crippen molar-refractivity contribution in [1.29, 1.82) is 0 Å². The number of nitrogens with two attached hydrogens (primary N) is 1. The third kappa shape index (κ3) is 2.49. The molecule has 1 radical (unpaired) electrons. The summed E-state index contributed by atoms with van der Waals surface area (Å²) in [6.07, 6.45) is 8.06. The van der Waals surface area contributed by atoms with Crippen molar-refractivity contribution in [3.8, 4) is 16.8 Å². The van der Waals surface area contributed by atoms with Crippen LogP contribution in [0.3, 0.4) is 0 Å². The molecule has 0 aliphatic heterocycles. The fourth-order valence-corrected chi connectivity index (χ4v) is 2.61. The van der Waals surface area contributed by atoms with E-state index < -0.39 is 5.91 Å². The van der Waals surface area contributed by atoms with Crippen molar-refractivity contribution >= 4 is 17.5 Å². The summed E-state index contributed by atoms with van der Waals surface area (Å²) in [5.74, 6) is -0.496. The summed E-state index contributed by atoms with van der Waals surface area (Å²) in [6.45, 7) is 1.94. The molecular weight excluding hydrogens is 298 g/mol. The molecule has 0 aliphatic rings.